The first-order chi connectivity index (χ1) is 17.3. The van der Waals surface area contributed by atoms with Crippen LogP contribution < -0.4 is 9.80 Å². The van der Waals surface area contributed by atoms with Crippen LogP contribution in [0.2, 0.25) is 0 Å². The van der Waals surface area contributed by atoms with E-state index in [1.165, 1.54) is 24.3 Å². The molecule has 0 unspecified atom stereocenters. The Hall–Kier alpha value is -3.21. The van der Waals surface area contributed by atoms with Crippen molar-refractivity contribution in [3.8, 4) is 0 Å². The minimum absolute atomic E-state index is 0.0819. The summed E-state index contributed by atoms with van der Waals surface area (Å²) in [6.45, 7) is 4.30. The molecular weight excluding hydrogens is 515 g/mol. The van der Waals surface area contributed by atoms with Crippen molar-refractivity contribution in [3.63, 3.8) is 0 Å². The van der Waals surface area contributed by atoms with E-state index < -0.39 is 19.7 Å². The van der Waals surface area contributed by atoms with Gasteiger partial charge in [0.1, 0.15) is 5.00 Å². The zero-order valence-electron chi connectivity index (χ0n) is 19.6. The summed E-state index contributed by atoms with van der Waals surface area (Å²) in [5.74, 6) is 0. The lowest BCUT2D eigenvalue weighted by Crippen LogP contribution is -2.46. The first-order valence-electron chi connectivity index (χ1n) is 11.4. The van der Waals surface area contributed by atoms with Crippen LogP contribution in [0.1, 0.15) is 5.56 Å². The van der Waals surface area contributed by atoms with E-state index in [4.69, 9.17) is 0 Å². The van der Waals surface area contributed by atoms with Gasteiger partial charge < -0.3 is 9.80 Å². The first kappa shape index (κ1) is 24.5. The standard InChI is InChI=1S/C26H25N3O4S3/c1-20-12-14-23(15-13-20)35(30,31)24-25(29-18-16-28(17-19-29)21-8-4-2-5-9-21)34-26(27-24)36(32,33)22-10-6-3-7-11-22/h2-15H,16-19H2,1H3. The van der Waals surface area contributed by atoms with Gasteiger partial charge in [-0.3, -0.25) is 0 Å². The lowest BCUT2D eigenvalue weighted by molar-refractivity contribution is 0.587. The Morgan fingerprint density at radius 2 is 1.19 bits per heavy atom. The van der Waals surface area contributed by atoms with Gasteiger partial charge in [-0.15, -0.1) is 0 Å². The van der Waals surface area contributed by atoms with Crippen LogP contribution >= 0.6 is 11.3 Å². The van der Waals surface area contributed by atoms with E-state index in [1.807, 2.05) is 42.2 Å². The second kappa shape index (κ2) is 9.68. The van der Waals surface area contributed by atoms with Gasteiger partial charge in [0.25, 0.3) is 0 Å². The molecule has 4 aromatic rings. The van der Waals surface area contributed by atoms with Crippen molar-refractivity contribution in [2.45, 2.75) is 26.1 Å². The predicted octanol–water partition coefficient (Wildman–Crippen LogP) is 4.44. The zero-order valence-corrected chi connectivity index (χ0v) is 22.1. The number of aromatic nitrogens is 1. The van der Waals surface area contributed by atoms with Gasteiger partial charge >= 0.3 is 0 Å². The summed E-state index contributed by atoms with van der Waals surface area (Å²) in [5, 5.41) is 0.150. The van der Waals surface area contributed by atoms with Crippen molar-refractivity contribution < 1.29 is 16.8 Å². The topological polar surface area (TPSA) is 87.6 Å². The Morgan fingerprint density at radius 3 is 1.81 bits per heavy atom. The Morgan fingerprint density at radius 1 is 0.667 bits per heavy atom. The molecular formula is C26H25N3O4S3. The molecule has 1 saturated heterocycles. The minimum Gasteiger partial charge on any atom is -0.368 e. The van der Waals surface area contributed by atoms with Crippen molar-refractivity contribution in [2.24, 2.45) is 0 Å². The summed E-state index contributed by atoms with van der Waals surface area (Å²) in [7, 11) is -8.02. The molecule has 5 rings (SSSR count). The molecule has 0 saturated carbocycles. The van der Waals surface area contributed by atoms with Gasteiger partial charge in [0.2, 0.25) is 24.0 Å². The average molecular weight is 540 g/mol. The van der Waals surface area contributed by atoms with E-state index in [-0.39, 0.29) is 19.2 Å². The molecule has 10 heteroatoms. The smallest absolute Gasteiger partial charge is 0.233 e. The summed E-state index contributed by atoms with van der Waals surface area (Å²) in [6, 6.07) is 24.5. The summed E-state index contributed by atoms with van der Waals surface area (Å²) in [5.41, 5.74) is 2.03. The molecule has 0 amide bonds. The van der Waals surface area contributed by atoms with Crippen molar-refractivity contribution in [1.82, 2.24) is 4.98 Å². The van der Waals surface area contributed by atoms with E-state index in [9.17, 15) is 16.8 Å². The second-order valence-electron chi connectivity index (χ2n) is 8.53. The fraction of sp³-hybridized carbons (Fsp3) is 0.192. The number of piperazine rings is 1. The highest BCUT2D eigenvalue weighted by atomic mass is 32.2. The van der Waals surface area contributed by atoms with E-state index >= 15 is 0 Å². The van der Waals surface area contributed by atoms with Gasteiger partial charge in [0.15, 0.2) is 5.03 Å². The molecule has 0 bridgehead atoms. The third kappa shape index (κ3) is 4.63. The van der Waals surface area contributed by atoms with Crippen LogP contribution in [-0.2, 0) is 19.7 Å². The molecule has 1 aromatic heterocycles. The molecule has 0 N–H and O–H groups in total. The van der Waals surface area contributed by atoms with Crippen LogP contribution in [-0.4, -0.2) is 48.0 Å². The first-order valence-corrected chi connectivity index (χ1v) is 15.2. The molecule has 1 aliphatic heterocycles. The van der Waals surface area contributed by atoms with Gasteiger partial charge in [-0.2, -0.15) is 0 Å². The molecule has 0 atom stereocenters. The largest absolute Gasteiger partial charge is 0.368 e. The number of nitrogens with zero attached hydrogens (tertiary/aromatic N) is 3. The molecule has 1 fully saturated rings. The highest BCUT2D eigenvalue weighted by Gasteiger charge is 2.34. The third-order valence-electron chi connectivity index (χ3n) is 6.12. The Balaban J connectivity index is 1.55. The van der Waals surface area contributed by atoms with Gasteiger partial charge in [0.05, 0.1) is 9.79 Å². The average Bonchev–Trinajstić information content (AvgIpc) is 3.38. The molecule has 0 aliphatic carbocycles. The molecule has 2 heterocycles. The van der Waals surface area contributed by atoms with Gasteiger partial charge in [0, 0.05) is 31.9 Å². The van der Waals surface area contributed by atoms with Crippen LogP contribution in [0.3, 0.4) is 0 Å². The Bertz CT molecular complexity index is 1560. The van der Waals surface area contributed by atoms with E-state index in [0.717, 1.165) is 22.6 Å². The maximum atomic E-state index is 13.7. The lowest BCUT2D eigenvalue weighted by atomic mass is 10.2. The number of benzene rings is 3. The van der Waals surface area contributed by atoms with Crippen LogP contribution in [0, 0.1) is 6.92 Å². The van der Waals surface area contributed by atoms with Crippen LogP contribution in [0.4, 0.5) is 10.7 Å². The maximum Gasteiger partial charge on any atom is 0.233 e. The van der Waals surface area contributed by atoms with Crippen molar-refractivity contribution in [3.05, 3.63) is 90.5 Å². The predicted molar refractivity (Wildman–Crippen MR) is 142 cm³/mol. The Kier molecular flexibility index (Phi) is 6.59. The number of rotatable bonds is 6. The van der Waals surface area contributed by atoms with Crippen LogP contribution in [0.5, 0.6) is 0 Å². The molecule has 1 aliphatic rings. The summed E-state index contributed by atoms with van der Waals surface area (Å²) < 4.78 is 53.9. The quantitative estimate of drug-likeness (QED) is 0.358. The summed E-state index contributed by atoms with van der Waals surface area (Å²) in [4.78, 5) is 8.60. The summed E-state index contributed by atoms with van der Waals surface area (Å²) in [6.07, 6.45) is 0. The van der Waals surface area contributed by atoms with Gasteiger partial charge in [-0.1, -0.05) is 65.4 Å². The highest BCUT2D eigenvalue weighted by Crippen LogP contribution is 2.39. The number of sulfone groups is 2. The minimum atomic E-state index is -4.04. The van der Waals surface area contributed by atoms with Crippen molar-refractivity contribution in [2.75, 3.05) is 36.0 Å². The number of thiazole rings is 1. The van der Waals surface area contributed by atoms with Crippen molar-refractivity contribution in [1.29, 1.82) is 0 Å². The van der Waals surface area contributed by atoms with Crippen molar-refractivity contribution >= 4 is 41.7 Å². The van der Waals surface area contributed by atoms with E-state index in [2.05, 4.69) is 9.88 Å². The highest BCUT2D eigenvalue weighted by molar-refractivity contribution is 7.94. The normalized spacial score (nSPS) is 14.7. The number of hydrogen-bond donors (Lipinski definition) is 0. The monoisotopic (exact) mass is 539 g/mol. The Labute approximate surface area is 215 Å². The number of anilines is 2. The zero-order chi connectivity index (χ0) is 25.3. The number of aryl methyl sites for hydroxylation is 1. The summed E-state index contributed by atoms with van der Waals surface area (Å²) >= 11 is 0.919. The maximum absolute atomic E-state index is 13.7. The van der Waals surface area contributed by atoms with E-state index in [1.54, 1.807) is 30.3 Å². The fourth-order valence-electron chi connectivity index (χ4n) is 4.11. The SMILES string of the molecule is Cc1ccc(S(=O)(=O)c2nc(S(=O)(=O)c3ccccc3)sc2N2CCN(c3ccccc3)CC2)cc1. The second-order valence-corrected chi connectivity index (χ2v) is 13.5. The van der Waals surface area contributed by atoms with Crippen LogP contribution in [0.15, 0.2) is 104 Å². The van der Waals surface area contributed by atoms with Gasteiger partial charge in [-0.25, -0.2) is 21.8 Å². The fourth-order valence-corrected chi connectivity index (χ4v) is 8.60. The van der Waals surface area contributed by atoms with E-state index in [0.29, 0.717) is 31.2 Å². The molecule has 0 spiro atoms. The van der Waals surface area contributed by atoms with Crippen LogP contribution in [0.25, 0.3) is 0 Å². The number of para-hydroxylation sites is 1. The molecule has 7 nitrogen and oxygen atoms in total. The number of hydrogen-bond acceptors (Lipinski definition) is 8. The lowest BCUT2D eigenvalue weighted by Gasteiger charge is -2.36. The third-order valence-corrected chi connectivity index (χ3v) is 11.2. The van der Waals surface area contributed by atoms with Gasteiger partial charge in [-0.05, 0) is 43.3 Å². The molecule has 36 heavy (non-hydrogen) atoms. The molecule has 0 radical (unpaired) electrons. The molecule has 3 aromatic carbocycles. The molecule has 186 valence electrons.